The summed E-state index contributed by atoms with van der Waals surface area (Å²) in [4.78, 5) is 46.8. The molecule has 3 amide bonds. The van der Waals surface area contributed by atoms with E-state index in [9.17, 15) is 14.4 Å². The molecular formula is C35H29ClN4O3. The lowest BCUT2D eigenvalue weighted by molar-refractivity contribution is -0.132. The monoisotopic (exact) mass is 588 g/mol. The van der Waals surface area contributed by atoms with Crippen LogP contribution < -0.4 is 10.6 Å². The van der Waals surface area contributed by atoms with Crippen LogP contribution in [0.1, 0.15) is 44.3 Å². The van der Waals surface area contributed by atoms with Gasteiger partial charge in [0, 0.05) is 46.6 Å². The molecule has 0 saturated carbocycles. The van der Waals surface area contributed by atoms with Gasteiger partial charge in [-0.2, -0.15) is 0 Å². The Bertz CT molecular complexity index is 1870. The lowest BCUT2D eigenvalue weighted by atomic mass is 9.89. The second-order valence-electron chi connectivity index (χ2n) is 11.0. The number of aromatic nitrogens is 1. The number of nitrogens with one attached hydrogen (secondary N) is 3. The molecule has 7 nitrogen and oxygen atoms in total. The second kappa shape index (κ2) is 11.1. The van der Waals surface area contributed by atoms with Gasteiger partial charge in [0.2, 0.25) is 11.8 Å². The van der Waals surface area contributed by atoms with Crippen molar-refractivity contribution in [2.45, 2.75) is 37.5 Å². The average molecular weight is 589 g/mol. The van der Waals surface area contributed by atoms with Gasteiger partial charge in [-0.25, -0.2) is 0 Å². The fraction of sp³-hybridized carbons (Fsp3) is 0.171. The topological polar surface area (TPSA) is 94.3 Å². The number of rotatable bonds is 7. The third-order valence-electron chi connectivity index (χ3n) is 8.48. The summed E-state index contributed by atoms with van der Waals surface area (Å²) in [6.45, 7) is 0.226. The molecule has 7 rings (SSSR count). The molecule has 3 unspecified atom stereocenters. The van der Waals surface area contributed by atoms with E-state index in [4.69, 9.17) is 11.6 Å². The number of nitrogens with zero attached hydrogens (tertiary/aromatic N) is 1. The van der Waals surface area contributed by atoms with Crippen LogP contribution in [-0.4, -0.2) is 39.7 Å². The summed E-state index contributed by atoms with van der Waals surface area (Å²) < 4.78 is 0. The normalized spacial score (nSPS) is 17.6. The van der Waals surface area contributed by atoms with Crippen molar-refractivity contribution in [3.05, 3.63) is 142 Å². The minimum absolute atomic E-state index is 0.187. The Morgan fingerprint density at radius 2 is 1.63 bits per heavy atom. The summed E-state index contributed by atoms with van der Waals surface area (Å²) in [6.07, 6.45) is 0.629. The number of aromatic amines is 1. The minimum Gasteiger partial charge on any atom is -0.356 e. The standard InChI is InChI=1S/C35H29ClN4O3/c36-27-16-8-4-12-22(27)20-37-33(41)29(18-21-10-2-1-3-11-21)39-34(42)30-19-26-23-13-7-9-17-28(23)38-31(26)32-24-14-5-6-15-25(24)35(43)40(30)32/h1-17,29-30,32,38H,18-20H2,(H,37,41)(H,39,42). The molecule has 0 spiro atoms. The van der Waals surface area contributed by atoms with Crippen LogP contribution in [0.5, 0.6) is 0 Å². The Morgan fingerprint density at radius 3 is 2.47 bits per heavy atom. The van der Waals surface area contributed by atoms with Crippen molar-refractivity contribution in [2.24, 2.45) is 0 Å². The summed E-state index contributed by atoms with van der Waals surface area (Å²) in [5.41, 5.74) is 6.07. The molecule has 2 aliphatic rings. The highest BCUT2D eigenvalue weighted by Gasteiger charge is 2.49. The third kappa shape index (κ3) is 4.85. The first-order chi connectivity index (χ1) is 21.0. The van der Waals surface area contributed by atoms with E-state index < -0.39 is 18.1 Å². The van der Waals surface area contributed by atoms with E-state index in [1.54, 1.807) is 11.0 Å². The molecule has 1 aromatic heterocycles. The van der Waals surface area contributed by atoms with Gasteiger partial charge in [-0.15, -0.1) is 0 Å². The van der Waals surface area contributed by atoms with Gasteiger partial charge < -0.3 is 20.5 Å². The smallest absolute Gasteiger partial charge is 0.255 e. The summed E-state index contributed by atoms with van der Waals surface area (Å²) in [5, 5.41) is 7.57. The Balaban J connectivity index is 1.21. The van der Waals surface area contributed by atoms with Gasteiger partial charge in [0.15, 0.2) is 0 Å². The van der Waals surface area contributed by atoms with Gasteiger partial charge in [-0.05, 0) is 40.5 Å². The summed E-state index contributed by atoms with van der Waals surface area (Å²) >= 11 is 6.32. The van der Waals surface area contributed by atoms with E-state index in [2.05, 4.69) is 15.6 Å². The molecule has 43 heavy (non-hydrogen) atoms. The molecule has 3 N–H and O–H groups in total. The van der Waals surface area contributed by atoms with Gasteiger partial charge in [-0.3, -0.25) is 14.4 Å². The van der Waals surface area contributed by atoms with Crippen molar-refractivity contribution < 1.29 is 14.4 Å². The molecule has 3 atom stereocenters. The molecule has 214 valence electrons. The van der Waals surface area contributed by atoms with Crippen molar-refractivity contribution in [1.29, 1.82) is 0 Å². The van der Waals surface area contributed by atoms with Gasteiger partial charge in [0.05, 0.1) is 6.04 Å². The Kier molecular flexibility index (Phi) is 6.95. The van der Waals surface area contributed by atoms with Crippen molar-refractivity contribution >= 4 is 40.2 Å². The lowest BCUT2D eigenvalue weighted by Gasteiger charge is -2.37. The summed E-state index contributed by atoms with van der Waals surface area (Å²) in [7, 11) is 0. The van der Waals surface area contributed by atoms with Crippen molar-refractivity contribution in [1.82, 2.24) is 20.5 Å². The van der Waals surface area contributed by atoms with Crippen molar-refractivity contribution in [2.75, 3.05) is 0 Å². The number of benzene rings is 4. The number of amides is 3. The van der Waals surface area contributed by atoms with Crippen molar-refractivity contribution in [3.8, 4) is 0 Å². The number of halogens is 1. The number of carbonyl (C=O) groups excluding carboxylic acids is 3. The van der Waals surface area contributed by atoms with Crippen LogP contribution in [0.4, 0.5) is 0 Å². The highest BCUT2D eigenvalue weighted by molar-refractivity contribution is 6.31. The fourth-order valence-electron chi connectivity index (χ4n) is 6.41. The zero-order valence-electron chi connectivity index (χ0n) is 23.2. The largest absolute Gasteiger partial charge is 0.356 e. The first-order valence-electron chi connectivity index (χ1n) is 14.4. The fourth-order valence-corrected chi connectivity index (χ4v) is 6.61. The maximum atomic E-state index is 14.2. The maximum absolute atomic E-state index is 14.2. The molecule has 2 aliphatic heterocycles. The molecule has 3 heterocycles. The second-order valence-corrected chi connectivity index (χ2v) is 11.5. The van der Waals surface area contributed by atoms with E-state index in [1.807, 2.05) is 97.1 Å². The third-order valence-corrected chi connectivity index (χ3v) is 8.85. The zero-order chi connectivity index (χ0) is 29.5. The van der Waals surface area contributed by atoms with E-state index in [-0.39, 0.29) is 24.3 Å². The van der Waals surface area contributed by atoms with Crippen LogP contribution in [-0.2, 0) is 29.0 Å². The lowest BCUT2D eigenvalue weighted by Crippen LogP contribution is -2.57. The molecule has 0 aliphatic carbocycles. The number of hydrogen-bond acceptors (Lipinski definition) is 3. The van der Waals surface area contributed by atoms with Gasteiger partial charge >= 0.3 is 0 Å². The molecule has 4 aromatic carbocycles. The predicted molar refractivity (Wildman–Crippen MR) is 166 cm³/mol. The highest BCUT2D eigenvalue weighted by Crippen LogP contribution is 2.46. The highest BCUT2D eigenvalue weighted by atomic mass is 35.5. The minimum atomic E-state index is -0.861. The van der Waals surface area contributed by atoms with Gasteiger partial charge in [0.25, 0.3) is 5.91 Å². The summed E-state index contributed by atoms with van der Waals surface area (Å²) in [5.74, 6) is -0.878. The molecule has 0 saturated heterocycles. The molecule has 8 heteroatoms. The predicted octanol–water partition coefficient (Wildman–Crippen LogP) is 5.34. The van der Waals surface area contributed by atoms with Crippen LogP contribution in [0.15, 0.2) is 103 Å². The zero-order valence-corrected chi connectivity index (χ0v) is 24.0. The van der Waals surface area contributed by atoms with Crippen LogP contribution >= 0.6 is 11.6 Å². The van der Waals surface area contributed by atoms with E-state index in [0.717, 1.165) is 38.9 Å². The number of hydrogen-bond donors (Lipinski definition) is 3. The summed E-state index contributed by atoms with van der Waals surface area (Å²) in [6, 6.07) is 30.3. The number of para-hydroxylation sites is 1. The number of H-pyrrole nitrogens is 1. The number of carbonyl (C=O) groups is 3. The molecule has 0 radical (unpaired) electrons. The average Bonchev–Trinajstić information content (AvgIpc) is 3.55. The van der Waals surface area contributed by atoms with E-state index >= 15 is 0 Å². The molecule has 0 bridgehead atoms. The molecule has 5 aromatic rings. The van der Waals surface area contributed by atoms with Crippen LogP contribution in [0.2, 0.25) is 5.02 Å². The first kappa shape index (κ1) is 27.0. The maximum Gasteiger partial charge on any atom is 0.255 e. The van der Waals surface area contributed by atoms with Crippen LogP contribution in [0, 0.1) is 0 Å². The quantitative estimate of drug-likeness (QED) is 0.240. The van der Waals surface area contributed by atoms with Crippen molar-refractivity contribution in [3.63, 3.8) is 0 Å². The molecule has 0 fully saturated rings. The van der Waals surface area contributed by atoms with Crippen LogP contribution in [0.3, 0.4) is 0 Å². The van der Waals surface area contributed by atoms with Crippen LogP contribution in [0.25, 0.3) is 10.9 Å². The van der Waals surface area contributed by atoms with E-state index in [0.29, 0.717) is 23.4 Å². The number of fused-ring (bicyclic) bond motifs is 7. The Morgan fingerprint density at radius 1 is 0.907 bits per heavy atom. The SMILES string of the molecule is O=C(NCc1ccccc1Cl)C(Cc1ccccc1)NC(=O)C1Cc2c([nH]c3ccccc23)C2c3ccccc3C(=O)N12. The Labute approximate surface area is 253 Å². The molecular weight excluding hydrogens is 560 g/mol. The van der Waals surface area contributed by atoms with Gasteiger partial charge in [0.1, 0.15) is 12.1 Å². The van der Waals surface area contributed by atoms with Gasteiger partial charge in [-0.1, -0.05) is 96.5 Å². The van der Waals surface area contributed by atoms with E-state index in [1.165, 1.54) is 0 Å². The Hall–Kier alpha value is -4.88. The first-order valence-corrected chi connectivity index (χ1v) is 14.7.